The van der Waals surface area contributed by atoms with E-state index in [2.05, 4.69) is 22.2 Å². The molecule has 1 N–H and O–H groups in total. The highest BCUT2D eigenvalue weighted by molar-refractivity contribution is 5.92. The zero-order valence-corrected chi connectivity index (χ0v) is 13.3. The van der Waals surface area contributed by atoms with Gasteiger partial charge in [0.25, 0.3) is 5.91 Å². The summed E-state index contributed by atoms with van der Waals surface area (Å²) in [7, 11) is 1.94. The predicted molar refractivity (Wildman–Crippen MR) is 84.8 cm³/mol. The zero-order valence-electron chi connectivity index (χ0n) is 13.3. The fourth-order valence-corrected chi connectivity index (χ4v) is 2.01. The van der Waals surface area contributed by atoms with Crippen molar-refractivity contribution in [3.05, 3.63) is 41.6 Å². The molecule has 0 bridgehead atoms. The standard InChI is InChI=1S/C16H22N4O2/c1-4-5-8-20(3)16-18-12(2)10-14(19-16)15(21)17-11-13-7-6-9-22-13/h6-7,9-10H,4-5,8,11H2,1-3H3,(H,17,21). The molecule has 0 atom stereocenters. The molecule has 0 radical (unpaired) electrons. The van der Waals surface area contributed by atoms with Crippen LogP contribution >= 0.6 is 0 Å². The van der Waals surface area contributed by atoms with Gasteiger partial charge in [-0.1, -0.05) is 13.3 Å². The number of aromatic nitrogens is 2. The molecule has 22 heavy (non-hydrogen) atoms. The molecule has 0 spiro atoms. The normalized spacial score (nSPS) is 10.5. The molecule has 0 aromatic carbocycles. The Morgan fingerprint density at radius 3 is 2.91 bits per heavy atom. The Morgan fingerprint density at radius 1 is 1.41 bits per heavy atom. The number of nitrogens with zero attached hydrogens (tertiary/aromatic N) is 3. The number of carbonyl (C=O) groups excluding carboxylic acids is 1. The average molecular weight is 302 g/mol. The highest BCUT2D eigenvalue weighted by Crippen LogP contribution is 2.10. The van der Waals surface area contributed by atoms with Gasteiger partial charge in [0.15, 0.2) is 0 Å². The summed E-state index contributed by atoms with van der Waals surface area (Å²) in [5.74, 6) is 1.06. The van der Waals surface area contributed by atoms with Crippen LogP contribution in [0.3, 0.4) is 0 Å². The van der Waals surface area contributed by atoms with Crippen molar-refractivity contribution in [3.8, 4) is 0 Å². The zero-order chi connectivity index (χ0) is 15.9. The minimum atomic E-state index is -0.230. The highest BCUT2D eigenvalue weighted by atomic mass is 16.3. The number of unbranched alkanes of at least 4 members (excludes halogenated alkanes) is 1. The third-order valence-electron chi connectivity index (χ3n) is 3.27. The number of furan rings is 1. The number of hydrogen-bond acceptors (Lipinski definition) is 5. The lowest BCUT2D eigenvalue weighted by atomic mass is 10.3. The fraction of sp³-hybridized carbons (Fsp3) is 0.438. The summed E-state index contributed by atoms with van der Waals surface area (Å²) in [4.78, 5) is 22.9. The molecular formula is C16H22N4O2. The summed E-state index contributed by atoms with van der Waals surface area (Å²) in [6.07, 6.45) is 3.75. The Kier molecular flexibility index (Phi) is 5.52. The van der Waals surface area contributed by atoms with Crippen molar-refractivity contribution in [2.75, 3.05) is 18.5 Å². The number of anilines is 1. The Balaban J connectivity index is 2.06. The van der Waals surface area contributed by atoms with Crippen molar-refractivity contribution in [1.82, 2.24) is 15.3 Å². The first-order valence-corrected chi connectivity index (χ1v) is 7.47. The average Bonchev–Trinajstić information content (AvgIpc) is 3.03. The second-order valence-electron chi connectivity index (χ2n) is 5.23. The van der Waals surface area contributed by atoms with Crippen LogP contribution in [0, 0.1) is 6.92 Å². The lowest BCUT2D eigenvalue weighted by molar-refractivity contribution is 0.0943. The highest BCUT2D eigenvalue weighted by Gasteiger charge is 2.13. The number of aryl methyl sites for hydroxylation is 1. The molecule has 0 unspecified atom stereocenters. The SMILES string of the molecule is CCCCN(C)c1nc(C)cc(C(=O)NCc2ccco2)n1. The van der Waals surface area contributed by atoms with Gasteiger partial charge in [-0.2, -0.15) is 0 Å². The first kappa shape index (κ1) is 16.0. The van der Waals surface area contributed by atoms with Gasteiger partial charge in [-0.3, -0.25) is 4.79 Å². The van der Waals surface area contributed by atoms with E-state index in [1.54, 1.807) is 18.4 Å². The van der Waals surface area contributed by atoms with Crippen LogP contribution in [0.25, 0.3) is 0 Å². The van der Waals surface area contributed by atoms with Crippen molar-refractivity contribution in [2.45, 2.75) is 33.2 Å². The van der Waals surface area contributed by atoms with Crippen LogP contribution in [0.15, 0.2) is 28.9 Å². The molecule has 0 aliphatic carbocycles. The number of carbonyl (C=O) groups is 1. The molecule has 0 saturated carbocycles. The Bertz CT molecular complexity index is 611. The van der Waals surface area contributed by atoms with Gasteiger partial charge in [0.2, 0.25) is 5.95 Å². The van der Waals surface area contributed by atoms with Crippen molar-refractivity contribution < 1.29 is 9.21 Å². The van der Waals surface area contributed by atoms with E-state index < -0.39 is 0 Å². The van der Waals surface area contributed by atoms with Gasteiger partial charge < -0.3 is 14.6 Å². The number of amides is 1. The van der Waals surface area contributed by atoms with Gasteiger partial charge >= 0.3 is 0 Å². The van der Waals surface area contributed by atoms with E-state index in [0.717, 1.165) is 25.1 Å². The van der Waals surface area contributed by atoms with Crippen molar-refractivity contribution >= 4 is 11.9 Å². The van der Waals surface area contributed by atoms with Crippen LogP contribution in [0.2, 0.25) is 0 Å². The Labute approximate surface area is 130 Å². The summed E-state index contributed by atoms with van der Waals surface area (Å²) in [5, 5.41) is 2.80. The van der Waals surface area contributed by atoms with E-state index in [0.29, 0.717) is 23.9 Å². The molecule has 0 saturated heterocycles. The van der Waals surface area contributed by atoms with Gasteiger partial charge in [0.05, 0.1) is 12.8 Å². The molecule has 0 aliphatic rings. The van der Waals surface area contributed by atoms with Crippen molar-refractivity contribution in [2.24, 2.45) is 0 Å². The number of hydrogen-bond donors (Lipinski definition) is 1. The Hall–Kier alpha value is -2.37. The van der Waals surface area contributed by atoms with Crippen molar-refractivity contribution in [3.63, 3.8) is 0 Å². The molecule has 2 heterocycles. The third-order valence-corrected chi connectivity index (χ3v) is 3.27. The summed E-state index contributed by atoms with van der Waals surface area (Å²) < 4.78 is 5.19. The number of nitrogens with one attached hydrogen (secondary N) is 1. The van der Waals surface area contributed by atoms with Crippen LogP contribution in [-0.2, 0) is 6.54 Å². The molecule has 2 aromatic rings. The molecule has 2 aromatic heterocycles. The summed E-state index contributed by atoms with van der Waals surface area (Å²) in [5.41, 5.74) is 1.15. The van der Waals surface area contributed by atoms with Crippen molar-refractivity contribution in [1.29, 1.82) is 0 Å². The Morgan fingerprint density at radius 2 is 2.23 bits per heavy atom. The predicted octanol–water partition coefficient (Wildman–Crippen LogP) is 2.54. The van der Waals surface area contributed by atoms with E-state index in [-0.39, 0.29) is 5.91 Å². The lowest BCUT2D eigenvalue weighted by Gasteiger charge is -2.17. The first-order chi connectivity index (χ1) is 10.6. The number of rotatable bonds is 7. The van der Waals surface area contributed by atoms with Crippen LogP contribution in [-0.4, -0.2) is 29.5 Å². The topological polar surface area (TPSA) is 71.3 Å². The maximum atomic E-state index is 12.2. The molecule has 118 valence electrons. The maximum Gasteiger partial charge on any atom is 0.270 e. The van der Waals surface area contributed by atoms with Crippen LogP contribution in [0.5, 0.6) is 0 Å². The van der Waals surface area contributed by atoms with Crippen LogP contribution in [0.1, 0.15) is 41.7 Å². The minimum absolute atomic E-state index is 0.230. The summed E-state index contributed by atoms with van der Waals surface area (Å²) in [6, 6.07) is 5.29. The van der Waals surface area contributed by atoms with E-state index in [1.165, 1.54) is 0 Å². The third kappa shape index (κ3) is 4.31. The smallest absolute Gasteiger partial charge is 0.270 e. The molecular weight excluding hydrogens is 280 g/mol. The quantitative estimate of drug-likeness (QED) is 0.851. The largest absolute Gasteiger partial charge is 0.467 e. The second kappa shape index (κ2) is 7.59. The lowest BCUT2D eigenvalue weighted by Crippen LogP contribution is -2.26. The van der Waals surface area contributed by atoms with E-state index >= 15 is 0 Å². The van der Waals surface area contributed by atoms with Gasteiger partial charge in [-0.05, 0) is 31.5 Å². The summed E-state index contributed by atoms with van der Waals surface area (Å²) >= 11 is 0. The molecule has 6 nitrogen and oxygen atoms in total. The van der Waals surface area contributed by atoms with Gasteiger partial charge in [-0.15, -0.1) is 0 Å². The van der Waals surface area contributed by atoms with E-state index in [4.69, 9.17) is 4.42 Å². The molecule has 1 amide bonds. The van der Waals surface area contributed by atoms with E-state index in [1.807, 2.05) is 24.9 Å². The van der Waals surface area contributed by atoms with Crippen LogP contribution in [0.4, 0.5) is 5.95 Å². The van der Waals surface area contributed by atoms with E-state index in [9.17, 15) is 4.79 Å². The van der Waals surface area contributed by atoms with Gasteiger partial charge in [-0.25, -0.2) is 9.97 Å². The fourth-order valence-electron chi connectivity index (χ4n) is 2.01. The van der Waals surface area contributed by atoms with Crippen LogP contribution < -0.4 is 10.2 Å². The first-order valence-electron chi connectivity index (χ1n) is 7.47. The second-order valence-corrected chi connectivity index (χ2v) is 5.23. The van der Waals surface area contributed by atoms with Gasteiger partial charge in [0.1, 0.15) is 11.5 Å². The maximum absolute atomic E-state index is 12.2. The monoisotopic (exact) mass is 302 g/mol. The molecule has 0 fully saturated rings. The molecule has 6 heteroatoms. The molecule has 2 rings (SSSR count). The minimum Gasteiger partial charge on any atom is -0.467 e. The molecule has 0 aliphatic heterocycles. The van der Waals surface area contributed by atoms with Gasteiger partial charge in [0, 0.05) is 19.3 Å². The summed E-state index contributed by atoms with van der Waals surface area (Å²) in [6.45, 7) is 5.21.